The quantitative estimate of drug-likeness (QED) is 0.714. The van der Waals surface area contributed by atoms with E-state index >= 15 is 0 Å². The molecule has 4 rings (SSSR count). The summed E-state index contributed by atoms with van der Waals surface area (Å²) in [6.07, 6.45) is 10.5. The maximum absolute atomic E-state index is 10.3. The van der Waals surface area contributed by atoms with Gasteiger partial charge < -0.3 is 10.2 Å². The van der Waals surface area contributed by atoms with Gasteiger partial charge >= 0.3 is 0 Å². The molecule has 120 valence electrons. The van der Waals surface area contributed by atoms with Gasteiger partial charge in [0.15, 0.2) is 0 Å². The summed E-state index contributed by atoms with van der Waals surface area (Å²) in [5, 5.41) is 20.3. The Morgan fingerprint density at radius 3 is 2.48 bits per heavy atom. The average molecular weight is 292 g/mol. The molecule has 21 heavy (non-hydrogen) atoms. The van der Waals surface area contributed by atoms with E-state index in [2.05, 4.69) is 13.8 Å². The Balaban J connectivity index is 1.63. The number of aliphatic hydroxyl groups excluding tert-OH is 2. The summed E-state index contributed by atoms with van der Waals surface area (Å²) >= 11 is 0. The van der Waals surface area contributed by atoms with Crippen LogP contribution in [0.25, 0.3) is 0 Å². The second-order valence-electron chi connectivity index (χ2n) is 9.32. The Kier molecular flexibility index (Phi) is 3.25. The highest BCUT2D eigenvalue weighted by atomic mass is 16.3. The second-order valence-corrected chi connectivity index (χ2v) is 9.32. The minimum atomic E-state index is -0.484. The van der Waals surface area contributed by atoms with Gasteiger partial charge in [-0.15, -0.1) is 0 Å². The molecule has 0 radical (unpaired) electrons. The van der Waals surface area contributed by atoms with Crippen LogP contribution in [0.1, 0.15) is 71.6 Å². The molecule has 4 aliphatic rings. The molecule has 2 N–H and O–H groups in total. The van der Waals surface area contributed by atoms with Crippen LogP contribution in [-0.4, -0.2) is 22.4 Å². The van der Waals surface area contributed by atoms with Crippen molar-refractivity contribution in [3.8, 4) is 0 Å². The lowest BCUT2D eigenvalue weighted by Gasteiger charge is -2.61. The summed E-state index contributed by atoms with van der Waals surface area (Å²) < 4.78 is 0. The van der Waals surface area contributed by atoms with Gasteiger partial charge in [-0.3, -0.25) is 0 Å². The molecule has 2 heteroatoms. The van der Waals surface area contributed by atoms with Crippen molar-refractivity contribution >= 4 is 0 Å². The van der Waals surface area contributed by atoms with Crippen molar-refractivity contribution in [2.75, 3.05) is 0 Å². The van der Waals surface area contributed by atoms with Gasteiger partial charge in [0.25, 0.3) is 0 Å². The summed E-state index contributed by atoms with van der Waals surface area (Å²) in [5.74, 6) is 3.28. The zero-order chi connectivity index (χ0) is 14.8. The van der Waals surface area contributed by atoms with Gasteiger partial charge in [0, 0.05) is 0 Å². The first-order valence-electron chi connectivity index (χ1n) is 9.30. The van der Waals surface area contributed by atoms with Crippen LogP contribution in [0.15, 0.2) is 0 Å². The van der Waals surface area contributed by atoms with Crippen molar-refractivity contribution in [1.29, 1.82) is 0 Å². The second kappa shape index (κ2) is 4.71. The van der Waals surface area contributed by atoms with Crippen LogP contribution in [0.3, 0.4) is 0 Å². The van der Waals surface area contributed by atoms with E-state index in [1.807, 2.05) is 0 Å². The van der Waals surface area contributed by atoms with Gasteiger partial charge in [-0.2, -0.15) is 0 Å². The first-order valence-corrected chi connectivity index (χ1v) is 9.30. The van der Waals surface area contributed by atoms with Crippen LogP contribution < -0.4 is 0 Å². The third-order valence-electron chi connectivity index (χ3n) is 8.47. The lowest BCUT2D eigenvalue weighted by Crippen LogP contribution is -2.56. The van der Waals surface area contributed by atoms with E-state index in [1.54, 1.807) is 0 Å². The highest BCUT2D eigenvalue weighted by molar-refractivity contribution is 5.08. The largest absolute Gasteiger partial charge is 0.390 e. The van der Waals surface area contributed by atoms with Crippen molar-refractivity contribution in [2.24, 2.45) is 34.5 Å². The molecule has 0 spiro atoms. The van der Waals surface area contributed by atoms with Gasteiger partial charge in [0.2, 0.25) is 0 Å². The molecule has 0 heterocycles. The van der Waals surface area contributed by atoms with Crippen molar-refractivity contribution in [3.63, 3.8) is 0 Å². The van der Waals surface area contributed by atoms with E-state index < -0.39 is 12.2 Å². The summed E-state index contributed by atoms with van der Waals surface area (Å²) in [7, 11) is 0. The minimum absolute atomic E-state index is 0.283. The van der Waals surface area contributed by atoms with Gasteiger partial charge in [-0.25, -0.2) is 0 Å². The van der Waals surface area contributed by atoms with Crippen LogP contribution >= 0.6 is 0 Å². The Morgan fingerprint density at radius 2 is 1.67 bits per heavy atom. The van der Waals surface area contributed by atoms with Crippen LogP contribution in [-0.2, 0) is 0 Å². The van der Waals surface area contributed by atoms with Crippen LogP contribution in [0.5, 0.6) is 0 Å². The van der Waals surface area contributed by atoms with E-state index in [4.69, 9.17) is 0 Å². The highest BCUT2D eigenvalue weighted by Crippen LogP contribution is 2.66. The fourth-order valence-electron chi connectivity index (χ4n) is 7.27. The fraction of sp³-hybridized carbons (Fsp3) is 1.00. The van der Waals surface area contributed by atoms with Gasteiger partial charge in [-0.1, -0.05) is 20.3 Å². The molecule has 0 bridgehead atoms. The summed E-state index contributed by atoms with van der Waals surface area (Å²) in [6.45, 7) is 5.00. The normalized spacial score (nSPS) is 60.0. The van der Waals surface area contributed by atoms with Crippen LogP contribution in [0.4, 0.5) is 0 Å². The average Bonchev–Trinajstić information content (AvgIpc) is 2.82. The Morgan fingerprint density at radius 1 is 0.857 bits per heavy atom. The Bertz CT molecular complexity index is 422. The number of hydrogen-bond acceptors (Lipinski definition) is 2. The molecule has 4 saturated carbocycles. The molecule has 4 aliphatic carbocycles. The highest BCUT2D eigenvalue weighted by Gasteiger charge is 2.58. The van der Waals surface area contributed by atoms with E-state index in [0.717, 1.165) is 30.6 Å². The van der Waals surface area contributed by atoms with Crippen molar-refractivity contribution in [1.82, 2.24) is 0 Å². The van der Waals surface area contributed by atoms with Gasteiger partial charge in [-0.05, 0) is 85.9 Å². The number of fused-ring (bicyclic) bond motifs is 5. The van der Waals surface area contributed by atoms with E-state index in [-0.39, 0.29) is 5.41 Å². The lowest BCUT2D eigenvalue weighted by atomic mass is 9.45. The zero-order valence-corrected chi connectivity index (χ0v) is 13.7. The third-order valence-corrected chi connectivity index (χ3v) is 8.47. The predicted molar refractivity (Wildman–Crippen MR) is 83.7 cm³/mol. The van der Waals surface area contributed by atoms with Gasteiger partial charge in [0.05, 0.1) is 12.2 Å². The Hall–Kier alpha value is -0.0800. The molecule has 0 aromatic carbocycles. The van der Waals surface area contributed by atoms with Gasteiger partial charge in [0.1, 0.15) is 0 Å². The maximum Gasteiger partial charge on any atom is 0.0804 e. The van der Waals surface area contributed by atoms with E-state index in [9.17, 15) is 10.2 Å². The van der Waals surface area contributed by atoms with Crippen molar-refractivity contribution < 1.29 is 10.2 Å². The van der Waals surface area contributed by atoms with E-state index in [1.165, 1.54) is 44.9 Å². The summed E-state index contributed by atoms with van der Waals surface area (Å²) in [4.78, 5) is 0. The molecule has 0 amide bonds. The molecule has 2 nitrogen and oxygen atoms in total. The minimum Gasteiger partial charge on any atom is -0.390 e. The Labute approximate surface area is 129 Å². The molecule has 0 aliphatic heterocycles. The molecule has 0 aromatic heterocycles. The number of hydrogen-bond donors (Lipinski definition) is 2. The van der Waals surface area contributed by atoms with Crippen molar-refractivity contribution in [3.05, 3.63) is 0 Å². The maximum atomic E-state index is 10.3. The first kappa shape index (κ1) is 14.5. The molecule has 4 fully saturated rings. The van der Waals surface area contributed by atoms with Crippen LogP contribution in [0.2, 0.25) is 0 Å². The molecular weight excluding hydrogens is 260 g/mol. The zero-order valence-electron chi connectivity index (χ0n) is 13.7. The lowest BCUT2D eigenvalue weighted by molar-refractivity contribution is -0.156. The third kappa shape index (κ3) is 1.97. The van der Waals surface area contributed by atoms with E-state index in [0.29, 0.717) is 11.3 Å². The molecule has 2 unspecified atom stereocenters. The summed E-state index contributed by atoms with van der Waals surface area (Å²) in [6, 6.07) is 0. The number of aliphatic hydroxyl groups is 2. The summed E-state index contributed by atoms with van der Waals surface area (Å²) in [5.41, 5.74) is 0.905. The molecule has 0 aromatic rings. The molecule has 8 atom stereocenters. The monoisotopic (exact) mass is 292 g/mol. The molecular formula is C19H32O2. The van der Waals surface area contributed by atoms with Crippen molar-refractivity contribution in [2.45, 2.75) is 83.8 Å². The molecule has 0 saturated heterocycles. The fourth-order valence-corrected chi connectivity index (χ4v) is 7.27. The smallest absolute Gasteiger partial charge is 0.0804 e. The number of rotatable bonds is 0. The topological polar surface area (TPSA) is 40.5 Å². The standard InChI is InChI=1S/C19H32O2/c1-18-8-3-4-14(18)13-6-5-12-10-16(20)17(21)11-19(12,2)15(13)7-9-18/h12-17,20-21H,3-11H2,1-2H3/t12?,13-,14-,15-,16+,17?,18-,19-/m0/s1. The first-order chi connectivity index (χ1) is 9.94. The SMILES string of the molecule is C[C@@]12CCC[C@H]1[C@@H]1CCC3C[C@@H](O)C(O)C[C@]3(C)[C@H]1CC2. The predicted octanol–water partition coefficient (Wildman–Crippen LogP) is 3.75. The van der Waals surface area contributed by atoms with Crippen LogP contribution in [0, 0.1) is 34.5 Å².